The second-order valence-electron chi connectivity index (χ2n) is 6.44. The fourth-order valence-electron chi connectivity index (χ4n) is 3.32. The maximum Gasteiger partial charge on any atom is 0.212 e. The van der Waals surface area contributed by atoms with E-state index in [1.54, 1.807) is 14.2 Å². The van der Waals surface area contributed by atoms with E-state index in [4.69, 9.17) is 9.47 Å². The van der Waals surface area contributed by atoms with Crippen LogP contribution >= 0.6 is 0 Å². The number of pyridine rings is 2. The summed E-state index contributed by atoms with van der Waals surface area (Å²) < 4.78 is 14.8. The molecule has 0 amide bonds. The van der Waals surface area contributed by atoms with Crippen molar-refractivity contribution >= 4 is 21.8 Å². The number of halogens is 2. The Morgan fingerprint density at radius 2 is 1.03 bits per heavy atom. The molecular formula is C24H28I2N2O2. The second-order valence-corrected chi connectivity index (χ2v) is 6.44. The zero-order chi connectivity index (χ0) is 19.9. The Bertz CT molecular complexity index is 1000. The molecule has 0 fully saturated rings. The number of nitrogens with zero attached hydrogens (tertiary/aromatic N) is 2. The fourth-order valence-corrected chi connectivity index (χ4v) is 3.32. The van der Waals surface area contributed by atoms with E-state index >= 15 is 0 Å². The molecular weight excluding hydrogens is 602 g/mol. The van der Waals surface area contributed by atoms with Gasteiger partial charge in [-0.3, -0.25) is 0 Å². The van der Waals surface area contributed by atoms with Crippen molar-refractivity contribution < 1.29 is 66.6 Å². The predicted molar refractivity (Wildman–Crippen MR) is 113 cm³/mol. The zero-order valence-corrected chi connectivity index (χ0v) is 22.1. The summed E-state index contributed by atoms with van der Waals surface area (Å²) in [5, 5.41) is 2.43. The van der Waals surface area contributed by atoms with Crippen molar-refractivity contribution in [1.82, 2.24) is 0 Å². The molecule has 0 N–H and O–H groups in total. The van der Waals surface area contributed by atoms with E-state index in [0.29, 0.717) is 0 Å². The smallest absolute Gasteiger partial charge is 0.212 e. The van der Waals surface area contributed by atoms with Gasteiger partial charge in [0.1, 0.15) is 24.6 Å². The molecule has 0 aliphatic rings. The first kappa shape index (κ1) is 26.4. The monoisotopic (exact) mass is 630 g/mol. The minimum Gasteiger partial charge on any atom is -1.00 e. The first-order valence-corrected chi connectivity index (χ1v) is 9.62. The number of hydrogen-bond acceptors (Lipinski definition) is 2. The first-order valence-electron chi connectivity index (χ1n) is 9.62. The lowest BCUT2D eigenvalue weighted by Gasteiger charge is -2.01. The summed E-state index contributed by atoms with van der Waals surface area (Å²) in [5.74, 6) is 1.82. The molecule has 0 unspecified atom stereocenters. The molecule has 0 saturated heterocycles. The fraction of sp³-hybridized carbons (Fsp3) is 0.250. The molecule has 2 heterocycles. The number of aryl methyl sites for hydroxylation is 2. The lowest BCUT2D eigenvalue weighted by Crippen LogP contribution is -3.00. The van der Waals surface area contributed by atoms with Crippen molar-refractivity contribution in [2.75, 3.05) is 14.2 Å². The van der Waals surface area contributed by atoms with Gasteiger partial charge in [0.2, 0.25) is 11.0 Å². The Labute approximate surface area is 212 Å². The van der Waals surface area contributed by atoms with Crippen LogP contribution in [0.4, 0.5) is 0 Å². The summed E-state index contributed by atoms with van der Waals surface area (Å²) in [6.07, 6.45) is 4.18. The summed E-state index contributed by atoms with van der Waals surface area (Å²) in [4.78, 5) is 0. The highest BCUT2D eigenvalue weighted by atomic mass is 127. The van der Waals surface area contributed by atoms with E-state index in [0.717, 1.165) is 24.6 Å². The average Bonchev–Trinajstić information content (AvgIpc) is 2.77. The Hall–Kier alpha value is -1.68. The molecule has 2 aromatic carbocycles. The van der Waals surface area contributed by atoms with Gasteiger partial charge in [0.25, 0.3) is 0 Å². The number of hydrogen-bond donors (Lipinski definition) is 0. The van der Waals surface area contributed by atoms with Crippen LogP contribution < -0.4 is 66.6 Å². The molecule has 30 heavy (non-hydrogen) atoms. The number of rotatable bonds is 4. The molecule has 0 spiro atoms. The van der Waals surface area contributed by atoms with Crippen molar-refractivity contribution in [3.63, 3.8) is 0 Å². The molecule has 4 aromatic rings. The third-order valence-corrected chi connectivity index (χ3v) is 4.85. The molecule has 2 aromatic heterocycles. The molecule has 4 nitrogen and oxygen atoms in total. The summed E-state index contributed by atoms with van der Waals surface area (Å²) in [7, 11) is 3.38. The predicted octanol–water partition coefficient (Wildman–Crippen LogP) is -1.68. The number of benzene rings is 2. The van der Waals surface area contributed by atoms with Crippen LogP contribution in [0.5, 0.6) is 11.5 Å². The standard InChI is InChI=1S/2C12H14NO.2HI/c2*1-3-13-8-4-5-10-9-11(14-2)6-7-12(10)13;;/h2*4-9H,3H2,1-2H3;2*1H/q2*+1;;/p-2. The van der Waals surface area contributed by atoms with Gasteiger partial charge in [0, 0.05) is 24.3 Å². The van der Waals surface area contributed by atoms with Gasteiger partial charge in [-0.2, -0.15) is 9.13 Å². The molecule has 0 atom stereocenters. The van der Waals surface area contributed by atoms with Crippen molar-refractivity contribution in [2.24, 2.45) is 0 Å². The Kier molecular flexibility index (Phi) is 11.3. The summed E-state index contributed by atoms with van der Waals surface area (Å²) >= 11 is 0. The second kappa shape index (κ2) is 12.9. The first-order chi connectivity index (χ1) is 13.7. The third kappa shape index (κ3) is 6.16. The molecule has 4 rings (SSSR count). The Morgan fingerprint density at radius 1 is 0.633 bits per heavy atom. The third-order valence-electron chi connectivity index (χ3n) is 4.85. The van der Waals surface area contributed by atoms with Crippen molar-refractivity contribution in [2.45, 2.75) is 26.9 Å². The van der Waals surface area contributed by atoms with E-state index in [1.807, 2.05) is 12.1 Å². The highest BCUT2D eigenvalue weighted by Crippen LogP contribution is 2.18. The maximum absolute atomic E-state index is 5.19. The van der Waals surface area contributed by atoms with Crippen LogP contribution in [0.3, 0.4) is 0 Å². The van der Waals surface area contributed by atoms with Crippen LogP contribution in [0.1, 0.15) is 13.8 Å². The Balaban J connectivity index is 0.000000281. The van der Waals surface area contributed by atoms with Gasteiger partial charge in [-0.25, -0.2) is 0 Å². The zero-order valence-electron chi connectivity index (χ0n) is 17.8. The topological polar surface area (TPSA) is 26.2 Å². The van der Waals surface area contributed by atoms with Gasteiger partial charge in [-0.1, -0.05) is 0 Å². The van der Waals surface area contributed by atoms with Gasteiger partial charge in [-0.05, 0) is 50.2 Å². The average molecular weight is 630 g/mol. The lowest BCUT2D eigenvalue weighted by atomic mass is 10.2. The normalized spacial score (nSPS) is 9.73. The molecule has 0 aliphatic carbocycles. The molecule has 160 valence electrons. The molecule has 0 aliphatic heterocycles. The number of fused-ring (bicyclic) bond motifs is 2. The maximum atomic E-state index is 5.19. The minimum atomic E-state index is 0. The Morgan fingerprint density at radius 3 is 1.37 bits per heavy atom. The van der Waals surface area contributed by atoms with Gasteiger partial charge in [-0.15, -0.1) is 0 Å². The van der Waals surface area contributed by atoms with Crippen LogP contribution in [-0.2, 0) is 13.1 Å². The lowest BCUT2D eigenvalue weighted by molar-refractivity contribution is -0.668. The summed E-state index contributed by atoms with van der Waals surface area (Å²) in [6.45, 7) is 6.26. The van der Waals surface area contributed by atoms with Gasteiger partial charge in [0.15, 0.2) is 12.4 Å². The minimum absolute atomic E-state index is 0. The van der Waals surface area contributed by atoms with Crippen LogP contribution in [0, 0.1) is 0 Å². The summed E-state index contributed by atoms with van der Waals surface area (Å²) in [5.41, 5.74) is 2.49. The van der Waals surface area contributed by atoms with Crippen molar-refractivity contribution in [1.29, 1.82) is 0 Å². The summed E-state index contributed by atoms with van der Waals surface area (Å²) in [6, 6.07) is 20.6. The SMILES string of the molecule is CC[n+]1cccc2cc(OC)ccc21.CC[n+]1cccc2cc(OC)ccc21.[I-].[I-]. The highest BCUT2D eigenvalue weighted by Gasteiger charge is 2.07. The van der Waals surface area contributed by atoms with Crippen molar-refractivity contribution in [3.8, 4) is 11.5 Å². The van der Waals surface area contributed by atoms with E-state index in [1.165, 1.54) is 21.8 Å². The van der Waals surface area contributed by atoms with Crippen LogP contribution in [0.2, 0.25) is 0 Å². The molecule has 0 saturated carbocycles. The van der Waals surface area contributed by atoms with Crippen LogP contribution in [-0.4, -0.2) is 14.2 Å². The van der Waals surface area contributed by atoms with E-state index < -0.39 is 0 Å². The molecule has 6 heteroatoms. The number of ether oxygens (including phenoxy) is 2. The molecule has 0 bridgehead atoms. The van der Waals surface area contributed by atoms with Gasteiger partial charge >= 0.3 is 0 Å². The number of methoxy groups -OCH3 is 2. The highest BCUT2D eigenvalue weighted by molar-refractivity contribution is 5.77. The van der Waals surface area contributed by atoms with Crippen molar-refractivity contribution in [3.05, 3.63) is 73.1 Å². The van der Waals surface area contributed by atoms with Crippen LogP contribution in [0.25, 0.3) is 21.8 Å². The van der Waals surface area contributed by atoms with Gasteiger partial charge in [0.05, 0.1) is 25.0 Å². The molecule has 0 radical (unpaired) electrons. The largest absolute Gasteiger partial charge is 1.00 e. The van der Waals surface area contributed by atoms with E-state index in [-0.39, 0.29) is 48.0 Å². The number of aromatic nitrogens is 2. The van der Waals surface area contributed by atoms with Crippen LogP contribution in [0.15, 0.2) is 73.1 Å². The quantitative estimate of drug-likeness (QED) is 0.199. The van der Waals surface area contributed by atoms with Gasteiger partial charge < -0.3 is 57.4 Å². The van der Waals surface area contributed by atoms with E-state index in [2.05, 4.69) is 83.9 Å². The van der Waals surface area contributed by atoms with E-state index in [9.17, 15) is 0 Å².